The van der Waals surface area contributed by atoms with Crippen LogP contribution in [0.1, 0.15) is 12.0 Å². The molecule has 24 heavy (non-hydrogen) atoms. The quantitative estimate of drug-likeness (QED) is 0.854. The molecule has 1 heterocycles. The molecule has 0 N–H and O–H groups in total. The van der Waals surface area contributed by atoms with Crippen molar-refractivity contribution in [2.75, 3.05) is 23.4 Å². The lowest BCUT2D eigenvalue weighted by Crippen LogP contribution is -2.34. The highest BCUT2D eigenvalue weighted by molar-refractivity contribution is 6.31. The highest BCUT2D eigenvalue weighted by Crippen LogP contribution is 2.30. The summed E-state index contributed by atoms with van der Waals surface area (Å²) in [5.74, 6) is -0.437. The van der Waals surface area contributed by atoms with Gasteiger partial charge < -0.3 is 9.80 Å². The van der Waals surface area contributed by atoms with Crippen LogP contribution >= 0.6 is 11.6 Å². The molecule has 0 saturated carbocycles. The van der Waals surface area contributed by atoms with Crippen molar-refractivity contribution in [2.24, 2.45) is 5.92 Å². The first kappa shape index (κ1) is 16.5. The molecule has 1 atom stereocenters. The van der Waals surface area contributed by atoms with E-state index in [0.717, 1.165) is 16.9 Å². The van der Waals surface area contributed by atoms with Gasteiger partial charge in [-0.25, -0.2) is 0 Å². The summed E-state index contributed by atoms with van der Waals surface area (Å²) in [6.07, 6.45) is 0.224. The lowest BCUT2D eigenvalue weighted by Gasteiger charge is -2.21. The van der Waals surface area contributed by atoms with Gasteiger partial charge in [-0.3, -0.25) is 9.59 Å². The van der Waals surface area contributed by atoms with Gasteiger partial charge in [0.2, 0.25) is 11.8 Å². The van der Waals surface area contributed by atoms with E-state index in [9.17, 15) is 9.59 Å². The van der Waals surface area contributed by atoms with Gasteiger partial charge in [-0.2, -0.15) is 0 Å². The molecule has 3 rings (SSSR count). The summed E-state index contributed by atoms with van der Waals surface area (Å²) in [4.78, 5) is 28.3. The fourth-order valence-electron chi connectivity index (χ4n) is 2.92. The highest BCUT2D eigenvalue weighted by Gasteiger charge is 2.36. The summed E-state index contributed by atoms with van der Waals surface area (Å²) in [5, 5.41) is 0.622. The average Bonchev–Trinajstić information content (AvgIpc) is 2.98. The molecule has 0 aromatic heterocycles. The average molecular weight is 343 g/mol. The number of anilines is 2. The van der Waals surface area contributed by atoms with Crippen LogP contribution in [0.4, 0.5) is 11.4 Å². The third-order valence-corrected chi connectivity index (χ3v) is 4.82. The van der Waals surface area contributed by atoms with Crippen molar-refractivity contribution in [1.82, 2.24) is 0 Å². The smallest absolute Gasteiger partial charge is 0.232 e. The number of carbonyl (C=O) groups is 2. The van der Waals surface area contributed by atoms with Crippen LogP contribution in [0.5, 0.6) is 0 Å². The Morgan fingerprint density at radius 3 is 2.58 bits per heavy atom. The van der Waals surface area contributed by atoms with Gasteiger partial charge in [0.15, 0.2) is 0 Å². The van der Waals surface area contributed by atoms with Crippen LogP contribution in [0.15, 0.2) is 48.5 Å². The van der Waals surface area contributed by atoms with Crippen molar-refractivity contribution >= 4 is 34.8 Å². The molecule has 0 aliphatic carbocycles. The van der Waals surface area contributed by atoms with Gasteiger partial charge in [0, 0.05) is 36.4 Å². The van der Waals surface area contributed by atoms with Gasteiger partial charge in [0.25, 0.3) is 0 Å². The Kier molecular flexibility index (Phi) is 4.58. The SMILES string of the molecule is Cc1ccc(N2CC(C(=O)N(C)c3ccccc3)CC2=O)cc1Cl. The van der Waals surface area contributed by atoms with Crippen LogP contribution in [0.25, 0.3) is 0 Å². The number of para-hydroxylation sites is 1. The predicted octanol–water partition coefficient (Wildman–Crippen LogP) is 3.66. The molecule has 0 radical (unpaired) electrons. The minimum atomic E-state index is -0.345. The molecule has 4 nitrogen and oxygen atoms in total. The first-order valence-electron chi connectivity index (χ1n) is 7.86. The van der Waals surface area contributed by atoms with Gasteiger partial charge in [-0.1, -0.05) is 35.9 Å². The largest absolute Gasteiger partial charge is 0.315 e. The zero-order valence-corrected chi connectivity index (χ0v) is 14.5. The molecule has 1 saturated heterocycles. The number of rotatable bonds is 3. The van der Waals surface area contributed by atoms with Crippen molar-refractivity contribution < 1.29 is 9.59 Å². The highest BCUT2D eigenvalue weighted by atomic mass is 35.5. The van der Waals surface area contributed by atoms with E-state index in [1.807, 2.05) is 49.4 Å². The van der Waals surface area contributed by atoms with Crippen LogP contribution in [-0.4, -0.2) is 25.4 Å². The summed E-state index contributed by atoms with van der Waals surface area (Å²) in [7, 11) is 1.74. The molecule has 124 valence electrons. The Balaban J connectivity index is 1.76. The van der Waals surface area contributed by atoms with Crippen LogP contribution in [0, 0.1) is 12.8 Å². The lowest BCUT2D eigenvalue weighted by atomic mass is 10.1. The zero-order chi connectivity index (χ0) is 17.3. The summed E-state index contributed by atoms with van der Waals surface area (Å²) in [6, 6.07) is 15.0. The van der Waals surface area contributed by atoms with E-state index in [1.54, 1.807) is 22.9 Å². The van der Waals surface area contributed by atoms with E-state index in [2.05, 4.69) is 0 Å². The Bertz CT molecular complexity index is 776. The first-order valence-corrected chi connectivity index (χ1v) is 8.24. The number of benzene rings is 2. The third kappa shape index (κ3) is 3.15. The normalized spacial score (nSPS) is 17.2. The zero-order valence-electron chi connectivity index (χ0n) is 13.7. The molecule has 2 amide bonds. The lowest BCUT2D eigenvalue weighted by molar-refractivity contribution is -0.124. The van der Waals surface area contributed by atoms with Crippen molar-refractivity contribution in [1.29, 1.82) is 0 Å². The Morgan fingerprint density at radius 2 is 1.92 bits per heavy atom. The van der Waals surface area contributed by atoms with E-state index in [1.165, 1.54) is 0 Å². The minimum Gasteiger partial charge on any atom is -0.315 e. The second-order valence-electron chi connectivity index (χ2n) is 6.07. The van der Waals surface area contributed by atoms with Crippen LogP contribution in [-0.2, 0) is 9.59 Å². The number of aryl methyl sites for hydroxylation is 1. The molecule has 1 aliphatic heterocycles. The maximum Gasteiger partial charge on any atom is 0.232 e. The Hall–Kier alpha value is -2.33. The summed E-state index contributed by atoms with van der Waals surface area (Å²) >= 11 is 6.16. The second kappa shape index (κ2) is 6.65. The second-order valence-corrected chi connectivity index (χ2v) is 6.48. The van der Waals surface area contributed by atoms with Gasteiger partial charge in [-0.15, -0.1) is 0 Å². The molecule has 1 unspecified atom stereocenters. The van der Waals surface area contributed by atoms with Crippen LogP contribution in [0.2, 0.25) is 5.02 Å². The number of carbonyl (C=O) groups excluding carboxylic acids is 2. The number of hydrogen-bond donors (Lipinski definition) is 0. The first-order chi connectivity index (χ1) is 11.5. The molecule has 1 aliphatic rings. The fraction of sp³-hybridized carbons (Fsp3) is 0.263. The van der Waals surface area contributed by atoms with E-state index >= 15 is 0 Å². The molecule has 2 aromatic carbocycles. The molecule has 0 spiro atoms. The van der Waals surface area contributed by atoms with E-state index in [4.69, 9.17) is 11.6 Å². The summed E-state index contributed by atoms with van der Waals surface area (Å²) in [6.45, 7) is 2.30. The van der Waals surface area contributed by atoms with Crippen molar-refractivity contribution in [3.05, 3.63) is 59.1 Å². The monoisotopic (exact) mass is 342 g/mol. The van der Waals surface area contributed by atoms with Crippen molar-refractivity contribution in [3.8, 4) is 0 Å². The summed E-state index contributed by atoms with van der Waals surface area (Å²) < 4.78 is 0. The Labute approximate surface area is 146 Å². The number of amides is 2. The maximum absolute atomic E-state index is 12.7. The van der Waals surface area contributed by atoms with E-state index < -0.39 is 0 Å². The molecule has 0 bridgehead atoms. The molecular formula is C19H19ClN2O2. The Morgan fingerprint density at radius 1 is 1.21 bits per heavy atom. The minimum absolute atomic E-state index is 0.0461. The standard InChI is InChI=1S/C19H19ClN2O2/c1-13-8-9-16(11-17(13)20)22-12-14(10-18(22)23)19(24)21(2)15-6-4-3-5-7-15/h3-9,11,14H,10,12H2,1-2H3. The predicted molar refractivity (Wildman–Crippen MR) is 96.5 cm³/mol. The number of hydrogen-bond acceptors (Lipinski definition) is 2. The molecular weight excluding hydrogens is 324 g/mol. The number of halogens is 1. The van der Waals surface area contributed by atoms with Gasteiger partial charge in [0.1, 0.15) is 0 Å². The molecule has 1 fully saturated rings. The maximum atomic E-state index is 12.7. The summed E-state index contributed by atoms with van der Waals surface area (Å²) in [5.41, 5.74) is 2.53. The van der Waals surface area contributed by atoms with Crippen LogP contribution in [0.3, 0.4) is 0 Å². The topological polar surface area (TPSA) is 40.6 Å². The van der Waals surface area contributed by atoms with Gasteiger partial charge in [-0.05, 0) is 36.8 Å². The molecule has 2 aromatic rings. The fourth-order valence-corrected chi connectivity index (χ4v) is 3.10. The molecule has 5 heteroatoms. The van der Waals surface area contributed by atoms with Crippen molar-refractivity contribution in [2.45, 2.75) is 13.3 Å². The van der Waals surface area contributed by atoms with Gasteiger partial charge in [0.05, 0.1) is 5.92 Å². The van der Waals surface area contributed by atoms with E-state index in [-0.39, 0.29) is 24.2 Å². The van der Waals surface area contributed by atoms with Crippen LogP contribution < -0.4 is 9.80 Å². The van der Waals surface area contributed by atoms with Gasteiger partial charge >= 0.3 is 0 Å². The van der Waals surface area contributed by atoms with E-state index in [0.29, 0.717) is 11.6 Å². The number of nitrogens with zero attached hydrogens (tertiary/aromatic N) is 2. The van der Waals surface area contributed by atoms with Crippen molar-refractivity contribution in [3.63, 3.8) is 0 Å². The third-order valence-electron chi connectivity index (χ3n) is 4.42.